The Morgan fingerprint density at radius 1 is 0.933 bits per heavy atom. The van der Waals surface area contributed by atoms with Gasteiger partial charge in [-0.15, -0.1) is 0 Å². The van der Waals surface area contributed by atoms with E-state index < -0.39 is 47.2 Å². The summed E-state index contributed by atoms with van der Waals surface area (Å²) in [6, 6.07) is 6.03. The van der Waals surface area contributed by atoms with Crippen LogP contribution in [0.4, 0.5) is 42.1 Å². The van der Waals surface area contributed by atoms with Crippen LogP contribution >= 0.6 is 0 Å². The third-order valence-electron chi connectivity index (χ3n) is 5.35. The third kappa shape index (κ3) is 3.79. The summed E-state index contributed by atoms with van der Waals surface area (Å²) in [5.41, 5.74) is 0.511. The number of hydrogen-bond acceptors (Lipinski definition) is 4. The van der Waals surface area contributed by atoms with Crippen molar-refractivity contribution in [2.24, 2.45) is 0 Å². The van der Waals surface area contributed by atoms with E-state index in [9.17, 15) is 30.7 Å². The van der Waals surface area contributed by atoms with Gasteiger partial charge < -0.3 is 10.6 Å². The van der Waals surface area contributed by atoms with Crippen LogP contribution in [-0.2, 0) is 12.4 Å². The molecule has 3 unspecified atom stereocenters. The molecule has 0 radical (unpaired) electrons. The second-order valence-electron chi connectivity index (χ2n) is 7.36. The number of alkyl halides is 6. The van der Waals surface area contributed by atoms with Crippen LogP contribution < -0.4 is 16.1 Å². The van der Waals surface area contributed by atoms with Gasteiger partial charge >= 0.3 is 12.4 Å². The Balaban J connectivity index is 1.59. The Bertz CT molecular complexity index is 940. The first-order valence-electron chi connectivity index (χ1n) is 9.03. The summed E-state index contributed by atoms with van der Waals surface area (Å²) in [6.07, 6.45) is -10.2. The van der Waals surface area contributed by atoms with Gasteiger partial charge in [0.1, 0.15) is 12.0 Å². The summed E-state index contributed by atoms with van der Waals surface area (Å²) < 4.78 is 92.6. The van der Waals surface area contributed by atoms with Crippen LogP contribution in [0.15, 0.2) is 36.4 Å². The minimum atomic E-state index is -4.95. The maximum absolute atomic E-state index is 13.4. The molecule has 2 aromatic carbocycles. The zero-order valence-electron chi connectivity index (χ0n) is 15.5. The topological polar surface area (TPSA) is 39.3 Å². The molecule has 4 rings (SSSR count). The summed E-state index contributed by atoms with van der Waals surface area (Å²) >= 11 is 0. The van der Waals surface area contributed by atoms with Crippen molar-refractivity contribution in [3.8, 4) is 0 Å². The predicted octanol–water partition coefficient (Wildman–Crippen LogP) is 4.98. The number of fused-ring (bicyclic) bond motifs is 1. The Kier molecular flexibility index (Phi) is 4.85. The molecule has 0 saturated carbocycles. The lowest BCUT2D eigenvalue weighted by molar-refractivity contribution is -0.142. The van der Waals surface area contributed by atoms with Gasteiger partial charge in [-0.05, 0) is 36.2 Å². The second-order valence-corrected chi connectivity index (χ2v) is 7.36. The van der Waals surface area contributed by atoms with Gasteiger partial charge in [-0.3, -0.25) is 0 Å². The highest BCUT2D eigenvalue weighted by atomic mass is 19.4. The first-order valence-corrected chi connectivity index (χ1v) is 9.03. The van der Waals surface area contributed by atoms with E-state index in [-0.39, 0.29) is 17.8 Å². The summed E-state index contributed by atoms with van der Waals surface area (Å²) in [5.74, 6) is -0.390. The molecule has 3 N–H and O–H groups in total. The average Bonchev–Trinajstić information content (AvgIpc) is 3.23. The molecule has 3 atom stereocenters. The molecule has 2 aliphatic rings. The van der Waals surface area contributed by atoms with Crippen molar-refractivity contribution in [1.82, 2.24) is 10.4 Å². The van der Waals surface area contributed by atoms with Gasteiger partial charge in [0, 0.05) is 7.05 Å². The number of hydrazine groups is 1. The smallest absolute Gasteiger partial charge is 0.362 e. The fourth-order valence-corrected chi connectivity index (χ4v) is 3.92. The van der Waals surface area contributed by atoms with Crippen molar-refractivity contribution in [2.45, 2.75) is 37.0 Å². The molecule has 1 fully saturated rings. The van der Waals surface area contributed by atoms with E-state index in [0.717, 1.165) is 5.56 Å². The summed E-state index contributed by atoms with van der Waals surface area (Å²) in [7, 11) is 1.74. The highest BCUT2D eigenvalue weighted by Gasteiger charge is 2.44. The minimum Gasteiger partial charge on any atom is -0.362 e. The molecule has 0 spiro atoms. The first-order chi connectivity index (χ1) is 13.9. The van der Waals surface area contributed by atoms with Crippen LogP contribution in [0.3, 0.4) is 0 Å². The number of benzene rings is 2. The maximum atomic E-state index is 13.4. The average molecular weight is 434 g/mol. The summed E-state index contributed by atoms with van der Waals surface area (Å²) in [6.45, 7) is 0. The van der Waals surface area contributed by atoms with Crippen molar-refractivity contribution >= 4 is 11.4 Å². The van der Waals surface area contributed by atoms with Crippen molar-refractivity contribution in [3.63, 3.8) is 0 Å². The third-order valence-corrected chi connectivity index (χ3v) is 5.35. The van der Waals surface area contributed by atoms with Gasteiger partial charge in [0.15, 0.2) is 0 Å². The molecule has 0 aliphatic carbocycles. The molecule has 162 valence electrons. The van der Waals surface area contributed by atoms with E-state index in [0.29, 0.717) is 12.5 Å². The molecule has 2 aromatic rings. The van der Waals surface area contributed by atoms with Gasteiger partial charge in [-0.2, -0.15) is 26.3 Å². The van der Waals surface area contributed by atoms with Gasteiger partial charge in [0.2, 0.25) is 0 Å². The zero-order valence-corrected chi connectivity index (χ0v) is 15.5. The molecule has 0 aromatic heterocycles. The largest absolute Gasteiger partial charge is 0.418 e. The summed E-state index contributed by atoms with van der Waals surface area (Å²) in [5, 5.41) is 7.17. The molecule has 4 nitrogen and oxygen atoms in total. The van der Waals surface area contributed by atoms with Crippen molar-refractivity contribution in [3.05, 3.63) is 58.9 Å². The Hall–Kier alpha value is -2.53. The Labute approximate surface area is 167 Å². The van der Waals surface area contributed by atoms with Crippen LogP contribution in [0.25, 0.3) is 0 Å². The first kappa shape index (κ1) is 20.7. The quantitative estimate of drug-likeness (QED) is 0.584. The molecular formula is C19H17F7N4. The van der Waals surface area contributed by atoms with Gasteiger partial charge in [-0.1, -0.05) is 12.1 Å². The van der Waals surface area contributed by atoms with Crippen LogP contribution in [-0.4, -0.2) is 24.3 Å². The van der Waals surface area contributed by atoms with Crippen molar-refractivity contribution in [2.75, 3.05) is 17.7 Å². The lowest BCUT2D eigenvalue weighted by Crippen LogP contribution is -2.45. The molecule has 30 heavy (non-hydrogen) atoms. The molecule has 0 amide bonds. The normalized spacial score (nSPS) is 24.5. The molecule has 11 heteroatoms. The van der Waals surface area contributed by atoms with E-state index in [4.69, 9.17) is 0 Å². The van der Waals surface area contributed by atoms with E-state index in [1.165, 1.54) is 12.1 Å². The molecule has 2 heterocycles. The number of anilines is 2. The lowest BCUT2D eigenvalue weighted by Gasteiger charge is -2.21. The van der Waals surface area contributed by atoms with Gasteiger partial charge in [-0.25, -0.2) is 14.8 Å². The zero-order chi connectivity index (χ0) is 21.8. The molecule has 2 aliphatic heterocycles. The van der Waals surface area contributed by atoms with E-state index in [1.807, 2.05) is 0 Å². The number of hydrogen-bond donors (Lipinski definition) is 3. The number of nitrogens with one attached hydrogen (secondary N) is 3. The number of nitrogens with zero attached hydrogens (tertiary/aromatic N) is 1. The highest BCUT2D eigenvalue weighted by molar-refractivity contribution is 5.79. The van der Waals surface area contributed by atoms with Crippen molar-refractivity contribution < 1.29 is 30.7 Å². The molecule has 0 bridgehead atoms. The molecule has 1 saturated heterocycles. The standard InChI is InChI=1S/C19H17F7N4/c1-30-15(9-2-4-11(20)5-3-9)8-14(29-30)17-27-13-7-10(18(21,22)23)6-12(16(13)28-17)19(24,25)26/h2-7,14-15,17,27-29H,8H2,1H3. The maximum Gasteiger partial charge on any atom is 0.418 e. The van der Waals surface area contributed by atoms with E-state index in [1.54, 1.807) is 24.2 Å². The van der Waals surface area contributed by atoms with Gasteiger partial charge in [0.25, 0.3) is 0 Å². The second kappa shape index (κ2) is 7.02. The highest BCUT2D eigenvalue weighted by Crippen LogP contribution is 2.46. The SMILES string of the molecule is CN1NC(C2Nc3cc(C(F)(F)F)cc(C(F)(F)F)c3N2)CC1c1ccc(F)cc1. The van der Waals surface area contributed by atoms with Crippen molar-refractivity contribution in [1.29, 1.82) is 0 Å². The number of rotatable bonds is 2. The lowest BCUT2D eigenvalue weighted by atomic mass is 10.0. The fourth-order valence-electron chi connectivity index (χ4n) is 3.92. The predicted molar refractivity (Wildman–Crippen MR) is 95.9 cm³/mol. The van der Waals surface area contributed by atoms with Crippen LogP contribution in [0.2, 0.25) is 0 Å². The van der Waals surface area contributed by atoms with E-state index in [2.05, 4.69) is 16.1 Å². The van der Waals surface area contributed by atoms with Gasteiger partial charge in [0.05, 0.1) is 34.6 Å². The summed E-state index contributed by atoms with van der Waals surface area (Å²) in [4.78, 5) is 0. The number of halogens is 7. The van der Waals surface area contributed by atoms with Crippen LogP contribution in [0.1, 0.15) is 29.2 Å². The minimum absolute atomic E-state index is 0.116. The van der Waals surface area contributed by atoms with Crippen LogP contribution in [0.5, 0.6) is 0 Å². The Morgan fingerprint density at radius 3 is 2.20 bits per heavy atom. The fraction of sp³-hybridized carbons (Fsp3) is 0.368. The Morgan fingerprint density at radius 2 is 1.60 bits per heavy atom. The van der Waals surface area contributed by atoms with Crippen LogP contribution in [0, 0.1) is 5.82 Å². The molecular weight excluding hydrogens is 417 g/mol. The van der Waals surface area contributed by atoms with E-state index >= 15 is 0 Å². The monoisotopic (exact) mass is 434 g/mol.